The van der Waals surface area contributed by atoms with Crippen molar-refractivity contribution in [1.82, 2.24) is 19.9 Å². The zero-order valence-electron chi connectivity index (χ0n) is 22.5. The van der Waals surface area contributed by atoms with Crippen LogP contribution in [-0.4, -0.2) is 76.4 Å². The second-order valence-electron chi connectivity index (χ2n) is 11.5. The van der Waals surface area contributed by atoms with E-state index in [1.54, 1.807) is 11.0 Å². The van der Waals surface area contributed by atoms with Gasteiger partial charge in [-0.2, -0.15) is 5.26 Å². The smallest absolute Gasteiger partial charge is 0.266 e. The van der Waals surface area contributed by atoms with Gasteiger partial charge in [-0.05, 0) is 33.3 Å². The van der Waals surface area contributed by atoms with Crippen molar-refractivity contribution in [2.24, 2.45) is 0 Å². The summed E-state index contributed by atoms with van der Waals surface area (Å²) in [5.41, 5.74) is 0.0530. The van der Waals surface area contributed by atoms with E-state index in [1.807, 2.05) is 32.6 Å². The Bertz CT molecular complexity index is 1490. The van der Waals surface area contributed by atoms with Crippen LogP contribution in [0.5, 0.6) is 0 Å². The molecule has 0 N–H and O–H groups in total. The highest BCUT2D eigenvalue weighted by molar-refractivity contribution is 7.95. The number of carbonyl (C=O) groups excluding carboxylic acids is 1. The lowest BCUT2D eigenvalue weighted by molar-refractivity contribution is -0.137. The summed E-state index contributed by atoms with van der Waals surface area (Å²) in [7, 11) is -3.45. The molecule has 39 heavy (non-hydrogen) atoms. The lowest BCUT2D eigenvalue weighted by Gasteiger charge is -2.49. The zero-order chi connectivity index (χ0) is 28.5. The van der Waals surface area contributed by atoms with Crippen molar-refractivity contribution in [3.05, 3.63) is 35.4 Å². The third-order valence-electron chi connectivity index (χ3n) is 8.35. The molecule has 0 aromatic carbocycles. The number of hydrogen-bond donors (Lipinski definition) is 0. The Labute approximate surface area is 226 Å². The maximum Gasteiger partial charge on any atom is 0.266 e. The number of nitriles is 1. The number of carbonyl (C=O) groups is 1. The van der Waals surface area contributed by atoms with E-state index in [2.05, 4.69) is 19.9 Å². The van der Waals surface area contributed by atoms with Gasteiger partial charge >= 0.3 is 0 Å². The standard InChI is InChI=1S/C26H31F2N7O3S/c1-15-12-34(24(36)26(5)6-7-39(26,37)38)16(2)11-33(15)22-20-23(32-14-31-22)35(13-25(20,3)4)17-8-18(21(27)28)19(9-29)30-10-17/h8,10,14-16,21H,6-7,11-13H2,1-5H3/t15-,16+,26+/m0/s1. The van der Waals surface area contributed by atoms with Crippen molar-refractivity contribution < 1.29 is 22.0 Å². The van der Waals surface area contributed by atoms with Gasteiger partial charge in [0.15, 0.2) is 9.84 Å². The number of hydrogen-bond acceptors (Lipinski definition) is 9. The lowest BCUT2D eigenvalue weighted by atomic mass is 9.87. The topological polar surface area (TPSA) is 123 Å². The van der Waals surface area contributed by atoms with Gasteiger partial charge in [0.25, 0.3) is 6.43 Å². The first kappa shape index (κ1) is 27.2. The number of sulfone groups is 1. The van der Waals surface area contributed by atoms with E-state index in [-0.39, 0.29) is 29.4 Å². The van der Waals surface area contributed by atoms with E-state index >= 15 is 0 Å². The number of piperazine rings is 1. The summed E-state index contributed by atoms with van der Waals surface area (Å²) in [6.45, 7) is 10.7. The van der Waals surface area contributed by atoms with Crippen LogP contribution in [0.3, 0.4) is 0 Å². The summed E-state index contributed by atoms with van der Waals surface area (Å²) in [6, 6.07) is 2.58. The third-order valence-corrected chi connectivity index (χ3v) is 10.8. The molecule has 1 amide bonds. The molecule has 3 aliphatic rings. The van der Waals surface area contributed by atoms with E-state index in [4.69, 9.17) is 0 Å². The molecule has 2 fully saturated rings. The second kappa shape index (κ2) is 9.08. The van der Waals surface area contributed by atoms with Crippen molar-refractivity contribution in [3.8, 4) is 6.07 Å². The molecule has 0 bridgehead atoms. The Hall–Kier alpha value is -3.40. The van der Waals surface area contributed by atoms with Crippen molar-refractivity contribution in [3.63, 3.8) is 0 Å². The second-order valence-corrected chi connectivity index (χ2v) is 14.1. The highest BCUT2D eigenvalue weighted by Gasteiger charge is 2.57. The van der Waals surface area contributed by atoms with Gasteiger partial charge in [-0.3, -0.25) is 4.79 Å². The Morgan fingerprint density at radius 3 is 2.41 bits per heavy atom. The quantitative estimate of drug-likeness (QED) is 0.556. The van der Waals surface area contributed by atoms with Crippen LogP contribution >= 0.6 is 0 Å². The number of nitrogens with zero attached hydrogens (tertiary/aromatic N) is 7. The monoisotopic (exact) mass is 559 g/mol. The minimum atomic E-state index is -3.45. The number of alkyl halides is 2. The van der Waals surface area contributed by atoms with Gasteiger partial charge in [0, 0.05) is 42.7 Å². The molecule has 2 aromatic heterocycles. The van der Waals surface area contributed by atoms with Crippen molar-refractivity contribution in [2.45, 2.75) is 69.7 Å². The fraction of sp³-hybridized carbons (Fsp3) is 0.577. The predicted octanol–water partition coefficient (Wildman–Crippen LogP) is 3.11. The van der Waals surface area contributed by atoms with Gasteiger partial charge in [0.05, 0.1) is 23.2 Å². The number of pyridine rings is 1. The van der Waals surface area contributed by atoms with Gasteiger partial charge in [0.2, 0.25) is 5.91 Å². The van der Waals surface area contributed by atoms with Gasteiger partial charge in [-0.15, -0.1) is 0 Å². The van der Waals surface area contributed by atoms with Gasteiger partial charge in [0.1, 0.15) is 34.5 Å². The maximum absolute atomic E-state index is 13.6. The Morgan fingerprint density at radius 2 is 1.82 bits per heavy atom. The van der Waals surface area contributed by atoms with Crippen LogP contribution in [0, 0.1) is 11.3 Å². The summed E-state index contributed by atoms with van der Waals surface area (Å²) in [6.07, 6.45) is 0.323. The molecule has 13 heteroatoms. The van der Waals surface area contributed by atoms with Crippen molar-refractivity contribution in [1.29, 1.82) is 5.26 Å². The maximum atomic E-state index is 13.6. The molecule has 3 aliphatic heterocycles. The predicted molar refractivity (Wildman–Crippen MR) is 141 cm³/mol. The van der Waals surface area contributed by atoms with Gasteiger partial charge in [-0.1, -0.05) is 13.8 Å². The molecule has 208 valence electrons. The zero-order valence-corrected chi connectivity index (χ0v) is 23.3. The van der Waals surface area contributed by atoms with E-state index in [1.165, 1.54) is 25.5 Å². The fourth-order valence-corrected chi connectivity index (χ4v) is 7.39. The third kappa shape index (κ3) is 4.11. The molecule has 3 atom stereocenters. The molecular weight excluding hydrogens is 528 g/mol. The minimum Gasteiger partial charge on any atom is -0.350 e. The van der Waals surface area contributed by atoms with Crippen LogP contribution in [0.25, 0.3) is 0 Å². The van der Waals surface area contributed by atoms with Crippen LogP contribution in [-0.2, 0) is 20.0 Å². The van der Waals surface area contributed by atoms with Crippen molar-refractivity contribution >= 4 is 33.1 Å². The van der Waals surface area contributed by atoms with Crippen molar-refractivity contribution in [2.75, 3.05) is 35.2 Å². The lowest BCUT2D eigenvalue weighted by Crippen LogP contribution is -2.66. The highest BCUT2D eigenvalue weighted by atomic mass is 32.2. The molecule has 10 nitrogen and oxygen atoms in total. The highest BCUT2D eigenvalue weighted by Crippen LogP contribution is 2.48. The van der Waals surface area contributed by atoms with Gasteiger partial charge < -0.3 is 14.7 Å². The number of aromatic nitrogens is 3. The molecule has 0 spiro atoms. The number of halogens is 2. The summed E-state index contributed by atoms with van der Waals surface area (Å²) in [5, 5.41) is 9.19. The SMILES string of the molecule is C[C@@H]1CN(c2ncnc3c2C(C)(C)CN3c2cnc(C#N)c(C(F)F)c2)[C@@H](C)CN1C(=O)[C@@]1(C)CCS1(=O)=O. The average molecular weight is 560 g/mol. The van der Waals surface area contributed by atoms with Crippen LogP contribution in [0.4, 0.5) is 26.1 Å². The first-order valence-corrected chi connectivity index (χ1v) is 14.5. The Kier molecular flexibility index (Phi) is 6.33. The van der Waals surface area contributed by atoms with Gasteiger partial charge in [-0.25, -0.2) is 32.2 Å². The van der Waals surface area contributed by atoms with E-state index in [9.17, 15) is 27.3 Å². The summed E-state index contributed by atoms with van der Waals surface area (Å²) >= 11 is 0. The van der Waals surface area contributed by atoms with Crippen LogP contribution < -0.4 is 9.80 Å². The normalized spacial score (nSPS) is 27.2. The molecule has 0 saturated carbocycles. The van der Waals surface area contributed by atoms with Crippen LogP contribution in [0.1, 0.15) is 64.3 Å². The van der Waals surface area contributed by atoms with Crippen LogP contribution in [0.2, 0.25) is 0 Å². The Balaban J connectivity index is 1.48. The number of anilines is 3. The summed E-state index contributed by atoms with van der Waals surface area (Å²) < 4.78 is 50.7. The molecule has 5 rings (SSSR count). The largest absolute Gasteiger partial charge is 0.350 e. The molecule has 5 heterocycles. The number of rotatable bonds is 4. The molecule has 2 saturated heterocycles. The molecule has 0 unspecified atom stereocenters. The van der Waals surface area contributed by atoms with E-state index in [0.29, 0.717) is 43.4 Å². The van der Waals surface area contributed by atoms with E-state index < -0.39 is 32.0 Å². The molecule has 2 aromatic rings. The molecular formula is C26H31F2N7O3S. The number of amides is 1. The Morgan fingerprint density at radius 1 is 1.13 bits per heavy atom. The first-order valence-electron chi connectivity index (χ1n) is 12.8. The minimum absolute atomic E-state index is 0.0331. The fourth-order valence-electron chi connectivity index (χ4n) is 5.86. The first-order chi connectivity index (χ1) is 18.2. The van der Waals surface area contributed by atoms with E-state index in [0.717, 1.165) is 5.56 Å². The van der Waals surface area contributed by atoms with Crippen LogP contribution in [0.15, 0.2) is 18.6 Å². The average Bonchev–Trinajstić information content (AvgIpc) is 3.18. The molecule has 0 aliphatic carbocycles. The number of fused-ring (bicyclic) bond motifs is 1. The summed E-state index contributed by atoms with van der Waals surface area (Å²) in [4.78, 5) is 32.1. The molecule has 0 radical (unpaired) electrons. The summed E-state index contributed by atoms with van der Waals surface area (Å²) in [5.74, 6) is 0.946.